The molecule has 0 spiro atoms. The molecule has 1 aromatic heterocycles. The van der Waals surface area contributed by atoms with E-state index in [0.29, 0.717) is 32.4 Å². The Kier molecular flexibility index (Phi) is 6.83. The number of halogens is 3. The standard InChI is InChI=1S/C21H14Cl3N3O2/c1-12-2-7-19(26-11-12)20(13-5-6-16(22)18(24)8-13)29-21(27-28)14-3-4-15(10-25)17(23)9-14/h2-9,11,20-21H,1H3. The van der Waals surface area contributed by atoms with Gasteiger partial charge < -0.3 is 4.74 Å². The average Bonchev–Trinajstić information content (AvgIpc) is 2.72. The molecule has 0 saturated carbocycles. The number of rotatable bonds is 6. The predicted molar refractivity (Wildman–Crippen MR) is 113 cm³/mol. The molecule has 0 saturated heterocycles. The number of hydrogen-bond donors (Lipinski definition) is 0. The van der Waals surface area contributed by atoms with Crippen LogP contribution < -0.4 is 0 Å². The van der Waals surface area contributed by atoms with E-state index < -0.39 is 12.3 Å². The number of nitroso groups, excluding NO2 is 1. The predicted octanol–water partition coefficient (Wildman–Crippen LogP) is 6.79. The zero-order valence-corrected chi connectivity index (χ0v) is 17.4. The molecule has 0 aliphatic carbocycles. The van der Waals surface area contributed by atoms with Crippen LogP contribution in [0, 0.1) is 23.2 Å². The Morgan fingerprint density at radius 2 is 1.72 bits per heavy atom. The first-order chi connectivity index (χ1) is 13.9. The minimum Gasteiger partial charge on any atom is -0.335 e. The van der Waals surface area contributed by atoms with Crippen molar-refractivity contribution < 1.29 is 4.74 Å². The van der Waals surface area contributed by atoms with Crippen LogP contribution in [0.2, 0.25) is 15.1 Å². The summed E-state index contributed by atoms with van der Waals surface area (Å²) in [4.78, 5) is 16.0. The molecule has 0 N–H and O–H groups in total. The second-order valence-corrected chi connectivity index (χ2v) is 7.48. The van der Waals surface area contributed by atoms with Crippen LogP contribution in [0.25, 0.3) is 0 Å². The molecule has 1 heterocycles. The fourth-order valence-corrected chi connectivity index (χ4v) is 3.24. The maximum atomic E-state index is 11.6. The second kappa shape index (κ2) is 9.34. The fourth-order valence-electron chi connectivity index (χ4n) is 2.70. The maximum absolute atomic E-state index is 11.6. The smallest absolute Gasteiger partial charge is 0.216 e. The van der Waals surface area contributed by atoms with Gasteiger partial charge in [-0.25, -0.2) is 0 Å². The molecule has 0 fully saturated rings. The number of pyridine rings is 1. The van der Waals surface area contributed by atoms with E-state index in [1.54, 1.807) is 36.5 Å². The Morgan fingerprint density at radius 1 is 1.00 bits per heavy atom. The van der Waals surface area contributed by atoms with Crippen molar-refractivity contribution >= 4 is 34.8 Å². The van der Waals surface area contributed by atoms with Crippen molar-refractivity contribution in [1.29, 1.82) is 5.26 Å². The summed E-state index contributed by atoms with van der Waals surface area (Å²) in [5, 5.41) is 13.1. The largest absolute Gasteiger partial charge is 0.335 e. The Balaban J connectivity index is 2.02. The zero-order valence-electron chi connectivity index (χ0n) is 15.1. The first-order valence-corrected chi connectivity index (χ1v) is 9.61. The lowest BCUT2D eigenvalue weighted by atomic mass is 10.0. The van der Waals surface area contributed by atoms with Gasteiger partial charge in [-0.1, -0.05) is 53.0 Å². The van der Waals surface area contributed by atoms with E-state index in [9.17, 15) is 4.91 Å². The highest BCUT2D eigenvalue weighted by atomic mass is 35.5. The molecule has 3 rings (SSSR count). The van der Waals surface area contributed by atoms with E-state index in [-0.39, 0.29) is 5.02 Å². The lowest BCUT2D eigenvalue weighted by Gasteiger charge is -2.22. The third kappa shape index (κ3) is 4.92. The SMILES string of the molecule is Cc1ccc(C(OC(N=O)c2ccc(C#N)c(Cl)c2)c2ccc(Cl)c(Cl)c2)nc1. The van der Waals surface area contributed by atoms with E-state index in [1.807, 2.05) is 19.1 Å². The molecule has 29 heavy (non-hydrogen) atoms. The summed E-state index contributed by atoms with van der Waals surface area (Å²) >= 11 is 18.3. The van der Waals surface area contributed by atoms with Gasteiger partial charge in [0.2, 0.25) is 6.23 Å². The number of nitrogens with zero attached hydrogens (tertiary/aromatic N) is 3. The molecule has 0 radical (unpaired) electrons. The van der Waals surface area contributed by atoms with Crippen molar-refractivity contribution in [2.75, 3.05) is 0 Å². The molecule has 0 amide bonds. The molecule has 3 aromatic rings. The Labute approximate surface area is 182 Å². The Hall–Kier alpha value is -2.49. The molecule has 2 unspecified atom stereocenters. The third-order valence-corrected chi connectivity index (χ3v) is 5.26. The van der Waals surface area contributed by atoms with Gasteiger partial charge >= 0.3 is 0 Å². The first-order valence-electron chi connectivity index (χ1n) is 8.48. The number of hydrogen-bond acceptors (Lipinski definition) is 5. The number of aromatic nitrogens is 1. The van der Waals surface area contributed by atoms with Crippen molar-refractivity contribution in [3.63, 3.8) is 0 Å². The van der Waals surface area contributed by atoms with Gasteiger partial charge in [-0.05, 0) is 53.6 Å². The van der Waals surface area contributed by atoms with Crippen LogP contribution >= 0.6 is 34.8 Å². The molecule has 2 atom stereocenters. The molecule has 5 nitrogen and oxygen atoms in total. The van der Waals surface area contributed by atoms with Crippen LogP contribution in [-0.2, 0) is 4.74 Å². The number of nitriles is 1. The van der Waals surface area contributed by atoms with Crippen LogP contribution in [-0.4, -0.2) is 4.98 Å². The summed E-state index contributed by atoms with van der Waals surface area (Å²) in [6, 6.07) is 15.3. The van der Waals surface area contributed by atoms with Gasteiger partial charge in [0, 0.05) is 11.8 Å². The molecule has 8 heteroatoms. The minimum absolute atomic E-state index is 0.210. The Morgan fingerprint density at radius 3 is 2.31 bits per heavy atom. The molecule has 0 aliphatic heterocycles. The van der Waals surface area contributed by atoms with Crippen LogP contribution in [0.1, 0.15) is 40.3 Å². The van der Waals surface area contributed by atoms with Crippen molar-refractivity contribution in [2.24, 2.45) is 5.18 Å². The summed E-state index contributed by atoms with van der Waals surface area (Å²) in [5.74, 6) is 0. The third-order valence-electron chi connectivity index (χ3n) is 4.21. The van der Waals surface area contributed by atoms with Gasteiger partial charge in [0.05, 0.1) is 26.3 Å². The second-order valence-electron chi connectivity index (χ2n) is 6.26. The fraction of sp³-hybridized carbons (Fsp3) is 0.143. The zero-order chi connectivity index (χ0) is 21.0. The van der Waals surface area contributed by atoms with Gasteiger partial charge in [0.1, 0.15) is 12.2 Å². The van der Waals surface area contributed by atoms with E-state index in [0.717, 1.165) is 5.56 Å². The molecular formula is C21H14Cl3N3O2. The highest BCUT2D eigenvalue weighted by molar-refractivity contribution is 6.42. The lowest BCUT2D eigenvalue weighted by molar-refractivity contribution is 0.00903. The maximum Gasteiger partial charge on any atom is 0.216 e. The molecule has 0 aliphatic rings. The quantitative estimate of drug-likeness (QED) is 0.390. The molecule has 146 valence electrons. The summed E-state index contributed by atoms with van der Waals surface area (Å²) in [6.07, 6.45) is -0.212. The van der Waals surface area contributed by atoms with E-state index >= 15 is 0 Å². The van der Waals surface area contributed by atoms with Gasteiger partial charge in [-0.15, -0.1) is 4.91 Å². The van der Waals surface area contributed by atoms with E-state index in [2.05, 4.69) is 10.2 Å². The summed E-state index contributed by atoms with van der Waals surface area (Å²) in [6.45, 7) is 1.92. The summed E-state index contributed by atoms with van der Waals surface area (Å²) < 4.78 is 6.04. The van der Waals surface area contributed by atoms with Crippen LogP contribution in [0.4, 0.5) is 0 Å². The highest BCUT2D eigenvalue weighted by Gasteiger charge is 2.24. The Bertz CT molecular complexity index is 1080. The van der Waals surface area contributed by atoms with Crippen LogP contribution in [0.15, 0.2) is 59.9 Å². The topological polar surface area (TPSA) is 75.3 Å². The molecule has 0 bridgehead atoms. The van der Waals surface area contributed by atoms with E-state index in [1.165, 1.54) is 12.1 Å². The number of aryl methyl sites for hydroxylation is 1. The molecular weight excluding hydrogens is 433 g/mol. The summed E-state index contributed by atoms with van der Waals surface area (Å²) in [7, 11) is 0. The first kappa shape index (κ1) is 21.2. The van der Waals surface area contributed by atoms with Gasteiger partial charge in [0.25, 0.3) is 0 Å². The van der Waals surface area contributed by atoms with Gasteiger partial charge in [-0.2, -0.15) is 5.26 Å². The van der Waals surface area contributed by atoms with Crippen molar-refractivity contribution in [3.8, 4) is 6.07 Å². The van der Waals surface area contributed by atoms with Crippen LogP contribution in [0.3, 0.4) is 0 Å². The number of ether oxygens (including phenoxy) is 1. The van der Waals surface area contributed by atoms with E-state index in [4.69, 9.17) is 44.8 Å². The average molecular weight is 447 g/mol. The normalized spacial score (nSPS) is 12.8. The monoisotopic (exact) mass is 445 g/mol. The minimum atomic E-state index is -1.18. The van der Waals surface area contributed by atoms with Crippen molar-refractivity contribution in [2.45, 2.75) is 19.3 Å². The van der Waals surface area contributed by atoms with Gasteiger partial charge in [-0.3, -0.25) is 4.98 Å². The highest BCUT2D eigenvalue weighted by Crippen LogP contribution is 2.35. The summed E-state index contributed by atoms with van der Waals surface area (Å²) in [5.41, 5.74) is 2.92. The number of benzene rings is 2. The van der Waals surface area contributed by atoms with Crippen molar-refractivity contribution in [3.05, 3.63) is 103 Å². The van der Waals surface area contributed by atoms with Crippen molar-refractivity contribution in [1.82, 2.24) is 4.98 Å². The lowest BCUT2D eigenvalue weighted by Crippen LogP contribution is -2.12. The van der Waals surface area contributed by atoms with Crippen LogP contribution in [0.5, 0.6) is 0 Å². The molecule has 2 aromatic carbocycles. The van der Waals surface area contributed by atoms with Gasteiger partial charge in [0.15, 0.2) is 0 Å².